The average molecular weight is 496 g/mol. The largest absolute Gasteiger partial charge is 0.352 e. The third-order valence-electron chi connectivity index (χ3n) is 5.87. The van der Waals surface area contributed by atoms with Gasteiger partial charge in [-0.15, -0.1) is 0 Å². The van der Waals surface area contributed by atoms with Gasteiger partial charge in [0.25, 0.3) is 0 Å². The Labute approximate surface area is 207 Å². The summed E-state index contributed by atoms with van der Waals surface area (Å²) >= 11 is 0. The maximum Gasteiger partial charge on any atom is 0.243 e. The van der Waals surface area contributed by atoms with Crippen molar-refractivity contribution in [2.75, 3.05) is 20.1 Å². The van der Waals surface area contributed by atoms with E-state index in [9.17, 15) is 18.0 Å². The van der Waals surface area contributed by atoms with Crippen molar-refractivity contribution in [3.05, 3.63) is 78.4 Å². The fourth-order valence-corrected chi connectivity index (χ4v) is 5.01. The number of carbonyl (C=O) groups excluding carboxylic acids is 2. The molecule has 0 spiro atoms. The molecule has 3 aromatic rings. The molecule has 0 unspecified atom stereocenters. The van der Waals surface area contributed by atoms with Crippen LogP contribution in [0.5, 0.6) is 0 Å². The predicted molar refractivity (Wildman–Crippen MR) is 138 cm³/mol. The summed E-state index contributed by atoms with van der Waals surface area (Å²) in [6, 6.07) is 21.2. The molecule has 1 atom stereocenters. The molecule has 7 nitrogen and oxygen atoms in total. The Morgan fingerprint density at radius 3 is 2.17 bits per heavy atom. The van der Waals surface area contributed by atoms with Gasteiger partial charge in [-0.1, -0.05) is 60.7 Å². The molecule has 3 rings (SSSR count). The maximum atomic E-state index is 13.3. The molecule has 3 aromatic carbocycles. The van der Waals surface area contributed by atoms with E-state index in [4.69, 9.17) is 0 Å². The van der Waals surface area contributed by atoms with Crippen LogP contribution in [0.25, 0.3) is 10.8 Å². The van der Waals surface area contributed by atoms with Crippen molar-refractivity contribution in [2.24, 2.45) is 0 Å². The predicted octanol–water partition coefficient (Wildman–Crippen LogP) is 3.44. The van der Waals surface area contributed by atoms with Crippen molar-refractivity contribution in [3.63, 3.8) is 0 Å². The first kappa shape index (κ1) is 26.4. The van der Waals surface area contributed by atoms with E-state index in [0.717, 1.165) is 20.6 Å². The van der Waals surface area contributed by atoms with E-state index in [1.54, 1.807) is 25.1 Å². The molecule has 0 aliphatic rings. The molecular formula is C27H33N3O4S. The molecule has 35 heavy (non-hydrogen) atoms. The van der Waals surface area contributed by atoms with Gasteiger partial charge in [-0.25, -0.2) is 8.42 Å². The summed E-state index contributed by atoms with van der Waals surface area (Å²) < 4.78 is 27.5. The van der Waals surface area contributed by atoms with Crippen molar-refractivity contribution in [3.8, 4) is 0 Å². The molecule has 2 amide bonds. The van der Waals surface area contributed by atoms with E-state index >= 15 is 0 Å². The summed E-state index contributed by atoms with van der Waals surface area (Å²) in [6.45, 7) is 5.29. The van der Waals surface area contributed by atoms with E-state index in [1.807, 2.05) is 68.4 Å². The normalized spacial score (nSPS) is 12.6. The first-order valence-electron chi connectivity index (χ1n) is 11.7. The van der Waals surface area contributed by atoms with Gasteiger partial charge in [0.05, 0.1) is 11.4 Å². The van der Waals surface area contributed by atoms with Crippen molar-refractivity contribution in [2.45, 2.75) is 44.2 Å². The van der Waals surface area contributed by atoms with Gasteiger partial charge in [0, 0.05) is 19.6 Å². The molecule has 0 bridgehead atoms. The van der Waals surface area contributed by atoms with Crippen molar-refractivity contribution in [1.82, 2.24) is 14.5 Å². The third-order valence-corrected chi connectivity index (χ3v) is 7.67. The molecule has 0 saturated heterocycles. The van der Waals surface area contributed by atoms with Crippen molar-refractivity contribution >= 4 is 32.6 Å². The Kier molecular flexibility index (Phi) is 8.64. The Morgan fingerprint density at radius 1 is 0.886 bits per heavy atom. The highest BCUT2D eigenvalue weighted by molar-refractivity contribution is 7.89. The summed E-state index contributed by atoms with van der Waals surface area (Å²) in [5.74, 6) is -0.708. The second kappa shape index (κ2) is 11.5. The van der Waals surface area contributed by atoms with Gasteiger partial charge >= 0.3 is 0 Å². The number of amides is 2. The molecule has 0 aromatic heterocycles. The van der Waals surface area contributed by atoms with Crippen LogP contribution in [0.2, 0.25) is 0 Å². The summed E-state index contributed by atoms with van der Waals surface area (Å²) in [5.41, 5.74) is 1.03. The number of rotatable bonds is 10. The second-order valence-electron chi connectivity index (χ2n) is 8.93. The lowest BCUT2D eigenvalue weighted by Gasteiger charge is -2.30. The lowest BCUT2D eigenvalue weighted by Crippen LogP contribution is -2.52. The second-order valence-corrected chi connectivity index (χ2v) is 11.0. The van der Waals surface area contributed by atoms with Gasteiger partial charge in [0.1, 0.15) is 6.04 Å². The van der Waals surface area contributed by atoms with Crippen LogP contribution in [0, 0.1) is 0 Å². The van der Waals surface area contributed by atoms with Crippen LogP contribution in [0.1, 0.15) is 26.3 Å². The van der Waals surface area contributed by atoms with E-state index in [2.05, 4.69) is 5.32 Å². The summed E-state index contributed by atoms with van der Waals surface area (Å²) in [5, 5.41) is 4.57. The number of hydrogen-bond acceptors (Lipinski definition) is 4. The lowest BCUT2D eigenvalue weighted by atomic mass is 10.1. The molecule has 0 saturated carbocycles. The van der Waals surface area contributed by atoms with Gasteiger partial charge in [-0.2, -0.15) is 4.31 Å². The molecule has 8 heteroatoms. The highest BCUT2D eigenvalue weighted by Gasteiger charge is 2.30. The zero-order valence-electron chi connectivity index (χ0n) is 20.6. The molecule has 186 valence electrons. The van der Waals surface area contributed by atoms with Gasteiger partial charge in [0.15, 0.2) is 0 Å². The number of nitrogens with zero attached hydrogens (tertiary/aromatic N) is 2. The number of carbonyl (C=O) groups is 2. The van der Waals surface area contributed by atoms with E-state index in [-0.39, 0.29) is 23.4 Å². The molecule has 0 fully saturated rings. The average Bonchev–Trinajstić information content (AvgIpc) is 2.83. The first-order chi connectivity index (χ1) is 16.6. The monoisotopic (exact) mass is 495 g/mol. The Morgan fingerprint density at radius 2 is 1.51 bits per heavy atom. The Hall–Kier alpha value is -3.23. The van der Waals surface area contributed by atoms with Gasteiger partial charge < -0.3 is 10.2 Å². The zero-order valence-corrected chi connectivity index (χ0v) is 21.5. The van der Waals surface area contributed by atoms with Crippen molar-refractivity contribution < 1.29 is 18.0 Å². The van der Waals surface area contributed by atoms with Crippen LogP contribution in [-0.2, 0) is 26.0 Å². The van der Waals surface area contributed by atoms with E-state index in [1.165, 1.54) is 11.9 Å². The van der Waals surface area contributed by atoms with Crippen LogP contribution in [0.3, 0.4) is 0 Å². The van der Waals surface area contributed by atoms with Crippen LogP contribution in [0.4, 0.5) is 0 Å². The minimum Gasteiger partial charge on any atom is -0.352 e. The maximum absolute atomic E-state index is 13.3. The number of hydrogen-bond donors (Lipinski definition) is 1. The number of sulfonamides is 1. The number of benzene rings is 3. The highest BCUT2D eigenvalue weighted by Crippen LogP contribution is 2.21. The number of nitrogens with one attached hydrogen (secondary N) is 1. The molecule has 1 N–H and O–H groups in total. The SMILES string of the molecule is CC(C)NC(=O)[C@H](C)N(CCc1ccccc1)C(=O)CN(C)S(=O)(=O)c1ccc2ccccc2c1. The van der Waals surface area contributed by atoms with Gasteiger partial charge in [-0.05, 0) is 55.7 Å². The van der Waals surface area contributed by atoms with Crippen LogP contribution in [0.15, 0.2) is 77.7 Å². The topological polar surface area (TPSA) is 86.8 Å². The first-order valence-corrected chi connectivity index (χ1v) is 13.1. The molecule has 0 aliphatic heterocycles. The fourth-order valence-electron chi connectivity index (χ4n) is 3.85. The highest BCUT2D eigenvalue weighted by atomic mass is 32.2. The fraction of sp³-hybridized carbons (Fsp3) is 0.333. The van der Waals surface area contributed by atoms with Crippen molar-refractivity contribution in [1.29, 1.82) is 0 Å². The number of fused-ring (bicyclic) bond motifs is 1. The molecular weight excluding hydrogens is 462 g/mol. The number of likely N-dealkylation sites (N-methyl/N-ethyl adjacent to an activating group) is 1. The molecule has 0 heterocycles. The van der Waals surface area contributed by atoms with Crippen LogP contribution in [-0.4, -0.2) is 61.7 Å². The minimum atomic E-state index is -3.91. The summed E-state index contributed by atoms with van der Waals surface area (Å²) in [7, 11) is -2.52. The smallest absolute Gasteiger partial charge is 0.243 e. The van der Waals surface area contributed by atoms with Crippen LogP contribution >= 0.6 is 0 Å². The molecule has 0 radical (unpaired) electrons. The van der Waals surface area contributed by atoms with Gasteiger partial charge in [0.2, 0.25) is 21.8 Å². The summed E-state index contributed by atoms with van der Waals surface area (Å²) in [6.07, 6.45) is 0.549. The summed E-state index contributed by atoms with van der Waals surface area (Å²) in [4.78, 5) is 27.6. The third kappa shape index (κ3) is 6.68. The Balaban J connectivity index is 1.80. The van der Waals surface area contributed by atoms with Gasteiger partial charge in [-0.3, -0.25) is 9.59 Å². The van der Waals surface area contributed by atoms with E-state index < -0.39 is 22.0 Å². The quantitative estimate of drug-likeness (QED) is 0.467. The lowest BCUT2D eigenvalue weighted by molar-refractivity contribution is -0.140. The Bertz CT molecular complexity index is 1280. The molecule has 0 aliphatic carbocycles. The van der Waals surface area contributed by atoms with E-state index in [0.29, 0.717) is 13.0 Å². The standard InChI is InChI=1S/C27H33N3O4S/c1-20(2)28-27(32)21(3)30(17-16-22-10-6-5-7-11-22)26(31)19-29(4)35(33,34)25-15-14-23-12-8-9-13-24(23)18-25/h5-15,18,20-21H,16-17,19H2,1-4H3,(H,28,32)/t21-/m0/s1. The van der Waals surface area contributed by atoms with Crippen LogP contribution < -0.4 is 5.32 Å². The zero-order chi connectivity index (χ0) is 25.6. The minimum absolute atomic E-state index is 0.0769.